The highest BCUT2D eigenvalue weighted by atomic mass is 16.7. The van der Waals surface area contributed by atoms with Crippen LogP contribution in [0.3, 0.4) is 0 Å². The summed E-state index contributed by atoms with van der Waals surface area (Å²) in [6.45, 7) is 17.0. The first-order valence-corrected chi connectivity index (χ1v) is 21.3. The number of rotatable bonds is 12. The van der Waals surface area contributed by atoms with Crippen LogP contribution in [-0.4, -0.2) is 72.7 Å². The number of carbonyl (C=O) groups excluding carboxylic acids is 4. The maximum atomic E-state index is 13.9. The molecule has 2 N–H and O–H groups in total. The van der Waals surface area contributed by atoms with E-state index in [9.17, 15) is 29.4 Å². The van der Waals surface area contributed by atoms with Gasteiger partial charge in [-0.3, -0.25) is 0 Å². The van der Waals surface area contributed by atoms with Crippen LogP contribution in [0.4, 0.5) is 0 Å². The van der Waals surface area contributed by atoms with E-state index in [0.717, 1.165) is 22.3 Å². The quantitative estimate of drug-likeness (QED) is 0.0726. The van der Waals surface area contributed by atoms with Crippen molar-refractivity contribution in [2.75, 3.05) is 26.4 Å². The lowest BCUT2D eigenvalue weighted by atomic mass is 9.87. The summed E-state index contributed by atoms with van der Waals surface area (Å²) in [4.78, 5) is 54.6. The molecule has 6 rings (SSSR count). The Bertz CT molecular complexity index is 2210. The average Bonchev–Trinajstić information content (AvgIpc) is 3.24. The summed E-state index contributed by atoms with van der Waals surface area (Å²) < 4.78 is 34.4. The highest BCUT2D eigenvalue weighted by Gasteiger charge is 2.43. The Morgan fingerprint density at radius 2 is 0.797 bits per heavy atom. The molecule has 0 saturated heterocycles. The van der Waals surface area contributed by atoms with Crippen molar-refractivity contribution in [1.82, 2.24) is 0 Å². The fraction of sp³-hybridized carbons (Fsp3) is 0.308. The van der Waals surface area contributed by atoms with E-state index in [4.69, 9.17) is 28.4 Å². The van der Waals surface area contributed by atoms with Crippen molar-refractivity contribution in [3.8, 4) is 23.0 Å². The first-order chi connectivity index (χ1) is 30.9. The van der Waals surface area contributed by atoms with Gasteiger partial charge in [-0.1, -0.05) is 72.8 Å². The van der Waals surface area contributed by atoms with Gasteiger partial charge in [0, 0.05) is 25.7 Å². The number of benzene rings is 4. The molecule has 4 aromatic carbocycles. The average molecular weight is 871 g/mol. The third kappa shape index (κ3) is 10.9. The van der Waals surface area contributed by atoms with E-state index in [1.165, 1.54) is 13.8 Å². The lowest BCUT2D eigenvalue weighted by Crippen LogP contribution is -2.48. The van der Waals surface area contributed by atoms with Crippen LogP contribution in [0.2, 0.25) is 0 Å². The summed E-state index contributed by atoms with van der Waals surface area (Å²) in [7, 11) is 0. The van der Waals surface area contributed by atoms with E-state index in [1.54, 1.807) is 24.3 Å². The minimum Gasteiger partial charge on any atom is -0.507 e. The number of phenols is 2. The predicted molar refractivity (Wildman–Crippen MR) is 240 cm³/mol. The number of allylic oxidation sites excluding steroid dienone is 4. The van der Waals surface area contributed by atoms with Crippen LogP contribution in [0.5, 0.6) is 23.0 Å². The van der Waals surface area contributed by atoms with Gasteiger partial charge in [-0.2, -0.15) is 0 Å². The molecule has 12 heteroatoms. The molecule has 1 aliphatic heterocycles. The molecule has 10 bridgehead atoms. The third-order valence-electron chi connectivity index (χ3n) is 10.8. The molecule has 0 spiro atoms. The number of aromatic hydroxyl groups is 2. The fourth-order valence-electron chi connectivity index (χ4n) is 8.24. The van der Waals surface area contributed by atoms with Crippen molar-refractivity contribution < 1.29 is 57.8 Å². The molecule has 334 valence electrons. The number of fused-ring (bicyclic) bond motifs is 2. The molecule has 4 aromatic rings. The molecule has 1 aliphatic carbocycles. The summed E-state index contributed by atoms with van der Waals surface area (Å²) in [5, 5.41) is 24.4. The van der Waals surface area contributed by atoms with E-state index in [1.807, 2.05) is 48.5 Å². The number of esters is 4. The van der Waals surface area contributed by atoms with Crippen molar-refractivity contribution in [2.24, 2.45) is 0 Å². The highest BCUT2D eigenvalue weighted by molar-refractivity contribution is 5.89. The van der Waals surface area contributed by atoms with Crippen LogP contribution in [0, 0.1) is 0 Å². The van der Waals surface area contributed by atoms with Crippen LogP contribution < -0.4 is 9.47 Å². The summed E-state index contributed by atoms with van der Waals surface area (Å²) in [5.74, 6) is -3.97. The van der Waals surface area contributed by atoms with Gasteiger partial charge in [-0.25, -0.2) is 19.2 Å². The van der Waals surface area contributed by atoms with Gasteiger partial charge in [0.1, 0.15) is 23.0 Å². The SMILES string of the molecule is C=CCc1cc2c(O)c(c1)Cc1cc(CC=C)cc3c1OCC(=O)O[C@H](C(=O)OCC)C(C(=O)OCC)OC(=O)COc1c(cc(CC=C)cc1Cc1cc(CC=C)cc(c1O)C3)C2. The molecule has 12 nitrogen and oxygen atoms in total. The van der Waals surface area contributed by atoms with Gasteiger partial charge >= 0.3 is 23.9 Å². The normalized spacial score (nSPS) is 16.1. The van der Waals surface area contributed by atoms with E-state index in [2.05, 4.69) is 26.3 Å². The second kappa shape index (κ2) is 21.3. The van der Waals surface area contributed by atoms with Crippen molar-refractivity contribution in [2.45, 2.75) is 77.4 Å². The summed E-state index contributed by atoms with van der Waals surface area (Å²) in [5.41, 5.74) is 8.03. The Kier molecular flexibility index (Phi) is 15.5. The molecular weight excluding hydrogens is 817 g/mol. The first-order valence-electron chi connectivity index (χ1n) is 21.3. The molecule has 1 unspecified atom stereocenters. The third-order valence-corrected chi connectivity index (χ3v) is 10.8. The monoisotopic (exact) mass is 870 g/mol. The molecule has 64 heavy (non-hydrogen) atoms. The van der Waals surface area contributed by atoms with Gasteiger partial charge in [-0.05, 0) is 106 Å². The second-order valence-electron chi connectivity index (χ2n) is 15.6. The maximum absolute atomic E-state index is 13.9. The van der Waals surface area contributed by atoms with Crippen molar-refractivity contribution >= 4 is 23.9 Å². The molecule has 0 saturated carbocycles. The lowest BCUT2D eigenvalue weighted by Gasteiger charge is -2.24. The highest BCUT2D eigenvalue weighted by Crippen LogP contribution is 2.40. The zero-order valence-electron chi connectivity index (χ0n) is 36.4. The molecule has 2 aliphatic rings. The van der Waals surface area contributed by atoms with Crippen LogP contribution in [0.1, 0.15) is 80.6 Å². The molecule has 0 radical (unpaired) electrons. The minimum absolute atomic E-state index is 0.0198. The van der Waals surface area contributed by atoms with Crippen molar-refractivity contribution in [3.05, 3.63) is 166 Å². The Morgan fingerprint density at radius 3 is 1.05 bits per heavy atom. The lowest BCUT2D eigenvalue weighted by molar-refractivity contribution is -0.192. The van der Waals surface area contributed by atoms with Crippen LogP contribution >= 0.6 is 0 Å². The van der Waals surface area contributed by atoms with E-state index in [0.29, 0.717) is 70.2 Å². The van der Waals surface area contributed by atoms with Gasteiger partial charge in [0.05, 0.1) is 13.2 Å². The molecular formula is C52H54O12. The van der Waals surface area contributed by atoms with Crippen molar-refractivity contribution in [3.63, 3.8) is 0 Å². The molecule has 1 heterocycles. The van der Waals surface area contributed by atoms with Gasteiger partial charge < -0.3 is 38.6 Å². The minimum atomic E-state index is -2.08. The Morgan fingerprint density at radius 1 is 0.531 bits per heavy atom. The first kappa shape index (κ1) is 46.4. The van der Waals surface area contributed by atoms with Gasteiger partial charge in [0.2, 0.25) is 12.2 Å². The Labute approximate surface area is 373 Å². The summed E-state index contributed by atoms with van der Waals surface area (Å²) >= 11 is 0. The number of carbonyl (C=O) groups is 4. The zero-order chi connectivity index (χ0) is 45.9. The molecule has 0 amide bonds. The number of ether oxygens (including phenoxy) is 6. The molecule has 0 fully saturated rings. The Hall–Kier alpha value is -7.08. The van der Waals surface area contributed by atoms with E-state index >= 15 is 0 Å². The topological polar surface area (TPSA) is 164 Å². The van der Waals surface area contributed by atoms with Crippen LogP contribution in [0.15, 0.2) is 99.2 Å². The van der Waals surface area contributed by atoms with Crippen molar-refractivity contribution in [1.29, 1.82) is 0 Å². The predicted octanol–water partition coefficient (Wildman–Crippen LogP) is 7.41. The fourth-order valence-corrected chi connectivity index (χ4v) is 8.24. The van der Waals surface area contributed by atoms with E-state index in [-0.39, 0.29) is 61.9 Å². The van der Waals surface area contributed by atoms with Crippen LogP contribution in [0.25, 0.3) is 0 Å². The smallest absolute Gasteiger partial charge is 0.352 e. The van der Waals surface area contributed by atoms with Crippen LogP contribution in [-0.2, 0) is 89.5 Å². The van der Waals surface area contributed by atoms with Gasteiger partial charge in [0.25, 0.3) is 0 Å². The number of cyclic esters (lactones) is 2. The largest absolute Gasteiger partial charge is 0.507 e. The van der Waals surface area contributed by atoms with Gasteiger partial charge in [0.15, 0.2) is 13.2 Å². The molecule has 2 atom stereocenters. The number of hydrogen-bond acceptors (Lipinski definition) is 12. The number of phenolic OH excluding ortho intramolecular Hbond substituents is 2. The standard InChI is InChI=1S/C52H54O12/c1-7-13-31-17-35-25-39-21-33(15-9-3)23-41-27-37-19-32(14-8-2)20-38(46(37)56)28-42-24-34(16-10-4)22-40(26-36(18-31)45(35)55)48(42)62-30-44(54)64-50(52(58)60-12-6)49(51(57)59-11-5)63-43(53)29-61-47(39)41/h7-10,17-24,49-50,55-56H,1-4,11-16,25-30H2,5-6H3/t49-,50?/m0/s1. The summed E-state index contributed by atoms with van der Waals surface area (Å²) in [6, 6.07) is 15.2. The maximum Gasteiger partial charge on any atom is 0.352 e. The second-order valence-corrected chi connectivity index (χ2v) is 15.6. The van der Waals surface area contributed by atoms with E-state index < -0.39 is 49.3 Å². The zero-order valence-corrected chi connectivity index (χ0v) is 36.4. The summed E-state index contributed by atoms with van der Waals surface area (Å²) in [6.07, 6.45) is 5.31. The number of hydrogen-bond donors (Lipinski definition) is 2. The Balaban J connectivity index is 1.70. The molecule has 0 aromatic heterocycles. The van der Waals surface area contributed by atoms with Gasteiger partial charge in [-0.15, -0.1) is 26.3 Å².